The molecule has 104 valence electrons. The van der Waals surface area contributed by atoms with Gasteiger partial charge in [-0.25, -0.2) is 9.97 Å². The number of ether oxygens (including phenoxy) is 1. The van der Waals surface area contributed by atoms with Crippen molar-refractivity contribution < 1.29 is 4.74 Å². The number of hydrogen-bond donors (Lipinski definition) is 0. The lowest BCUT2D eigenvalue weighted by molar-refractivity contribution is 0.139. The van der Waals surface area contributed by atoms with Crippen molar-refractivity contribution in [1.29, 1.82) is 0 Å². The fraction of sp³-hybridized carbons (Fsp3) is 0.571. The molecule has 2 aromatic heterocycles. The molecule has 0 spiro atoms. The van der Waals surface area contributed by atoms with Crippen LogP contribution in [0.2, 0.25) is 0 Å². The molecule has 0 aliphatic carbocycles. The number of pyridine rings is 1. The molecule has 19 heavy (non-hydrogen) atoms. The fourth-order valence-electron chi connectivity index (χ4n) is 2.05. The van der Waals surface area contributed by atoms with Gasteiger partial charge in [0.15, 0.2) is 5.65 Å². The standard InChI is InChI=1S/C14H22N4O/c1-4-19-11-10-18-13(7-9-17(2)3)16-12-6-5-8-15-14(12)18/h5-6,8H,4,7,9-11H2,1-3H3. The first-order valence-corrected chi connectivity index (χ1v) is 6.75. The molecule has 0 atom stereocenters. The van der Waals surface area contributed by atoms with Gasteiger partial charge in [-0.05, 0) is 33.2 Å². The molecule has 0 saturated carbocycles. The average molecular weight is 262 g/mol. The van der Waals surface area contributed by atoms with Crippen LogP contribution in [0.3, 0.4) is 0 Å². The van der Waals surface area contributed by atoms with E-state index in [9.17, 15) is 0 Å². The highest BCUT2D eigenvalue weighted by Crippen LogP contribution is 2.14. The molecule has 0 fully saturated rings. The van der Waals surface area contributed by atoms with E-state index < -0.39 is 0 Å². The van der Waals surface area contributed by atoms with Crippen LogP contribution in [-0.4, -0.2) is 53.3 Å². The Morgan fingerprint density at radius 3 is 2.95 bits per heavy atom. The van der Waals surface area contributed by atoms with Crippen LogP contribution < -0.4 is 0 Å². The molecule has 0 aromatic carbocycles. The van der Waals surface area contributed by atoms with Gasteiger partial charge in [-0.1, -0.05) is 0 Å². The van der Waals surface area contributed by atoms with Crippen molar-refractivity contribution in [1.82, 2.24) is 19.4 Å². The van der Waals surface area contributed by atoms with E-state index in [0.717, 1.165) is 43.1 Å². The van der Waals surface area contributed by atoms with Gasteiger partial charge in [0.1, 0.15) is 11.3 Å². The molecular weight excluding hydrogens is 240 g/mol. The van der Waals surface area contributed by atoms with Crippen LogP contribution in [0.4, 0.5) is 0 Å². The maximum absolute atomic E-state index is 5.45. The van der Waals surface area contributed by atoms with Crippen LogP contribution in [0.5, 0.6) is 0 Å². The molecule has 0 bridgehead atoms. The summed E-state index contributed by atoms with van der Waals surface area (Å²) in [4.78, 5) is 11.3. The van der Waals surface area contributed by atoms with E-state index in [4.69, 9.17) is 4.74 Å². The summed E-state index contributed by atoms with van der Waals surface area (Å²) >= 11 is 0. The van der Waals surface area contributed by atoms with Crippen LogP contribution in [0, 0.1) is 0 Å². The lowest BCUT2D eigenvalue weighted by atomic mass is 10.4. The topological polar surface area (TPSA) is 43.2 Å². The van der Waals surface area contributed by atoms with Crippen molar-refractivity contribution in [3.05, 3.63) is 24.2 Å². The minimum atomic E-state index is 0.702. The van der Waals surface area contributed by atoms with Gasteiger partial charge in [0.2, 0.25) is 0 Å². The summed E-state index contributed by atoms with van der Waals surface area (Å²) in [5, 5.41) is 0. The number of rotatable bonds is 7. The molecule has 2 aromatic rings. The molecule has 0 unspecified atom stereocenters. The average Bonchev–Trinajstić information content (AvgIpc) is 2.75. The summed E-state index contributed by atoms with van der Waals surface area (Å²) in [6.45, 7) is 5.25. The van der Waals surface area contributed by atoms with Gasteiger partial charge >= 0.3 is 0 Å². The minimum Gasteiger partial charge on any atom is -0.380 e. The van der Waals surface area contributed by atoms with E-state index in [1.165, 1.54) is 0 Å². The Morgan fingerprint density at radius 2 is 2.21 bits per heavy atom. The predicted molar refractivity (Wildman–Crippen MR) is 76.3 cm³/mol. The molecule has 0 saturated heterocycles. The Kier molecular flexibility index (Phi) is 4.87. The van der Waals surface area contributed by atoms with Crippen molar-refractivity contribution in [2.45, 2.75) is 19.9 Å². The highest BCUT2D eigenvalue weighted by molar-refractivity contribution is 5.71. The first-order valence-electron chi connectivity index (χ1n) is 6.75. The van der Waals surface area contributed by atoms with Crippen LogP contribution in [-0.2, 0) is 17.7 Å². The molecule has 0 aliphatic rings. The third kappa shape index (κ3) is 3.52. The van der Waals surface area contributed by atoms with Crippen molar-refractivity contribution in [3.63, 3.8) is 0 Å². The smallest absolute Gasteiger partial charge is 0.160 e. The maximum atomic E-state index is 5.45. The van der Waals surface area contributed by atoms with Crippen LogP contribution in [0.15, 0.2) is 18.3 Å². The predicted octanol–water partition coefficient (Wildman–Crippen LogP) is 1.57. The second kappa shape index (κ2) is 6.63. The molecule has 5 nitrogen and oxygen atoms in total. The Bertz CT molecular complexity index is 521. The number of nitrogens with zero attached hydrogens (tertiary/aromatic N) is 4. The monoisotopic (exact) mass is 262 g/mol. The van der Waals surface area contributed by atoms with E-state index in [2.05, 4.69) is 33.5 Å². The summed E-state index contributed by atoms with van der Waals surface area (Å²) in [6.07, 6.45) is 2.74. The van der Waals surface area contributed by atoms with Gasteiger partial charge in [0.05, 0.1) is 6.61 Å². The lowest BCUT2D eigenvalue weighted by Gasteiger charge is -2.11. The summed E-state index contributed by atoms with van der Waals surface area (Å²) in [5.41, 5.74) is 1.92. The van der Waals surface area contributed by atoms with Crippen molar-refractivity contribution in [2.24, 2.45) is 0 Å². The number of hydrogen-bond acceptors (Lipinski definition) is 4. The molecule has 5 heteroatoms. The molecule has 2 rings (SSSR count). The van der Waals surface area contributed by atoms with Gasteiger partial charge in [-0.3, -0.25) is 0 Å². The molecule has 0 amide bonds. The number of likely N-dealkylation sites (N-methyl/N-ethyl adjacent to an activating group) is 1. The number of aromatic nitrogens is 3. The van der Waals surface area contributed by atoms with Gasteiger partial charge in [-0.2, -0.15) is 0 Å². The third-order valence-electron chi connectivity index (χ3n) is 3.03. The van der Waals surface area contributed by atoms with Gasteiger partial charge in [-0.15, -0.1) is 0 Å². The maximum Gasteiger partial charge on any atom is 0.160 e. The quantitative estimate of drug-likeness (QED) is 0.710. The van der Waals surface area contributed by atoms with Crippen LogP contribution in [0.1, 0.15) is 12.7 Å². The first-order chi connectivity index (χ1) is 9.22. The normalized spacial score (nSPS) is 11.6. The third-order valence-corrected chi connectivity index (χ3v) is 3.03. The Morgan fingerprint density at radius 1 is 1.37 bits per heavy atom. The zero-order valence-electron chi connectivity index (χ0n) is 12.0. The summed E-state index contributed by atoms with van der Waals surface area (Å²) in [7, 11) is 4.15. The van der Waals surface area contributed by atoms with Gasteiger partial charge in [0, 0.05) is 32.3 Å². The lowest BCUT2D eigenvalue weighted by Crippen LogP contribution is -2.18. The molecule has 0 N–H and O–H groups in total. The molecule has 0 radical (unpaired) electrons. The van der Waals surface area contributed by atoms with Gasteiger partial charge < -0.3 is 14.2 Å². The zero-order chi connectivity index (χ0) is 13.7. The molecule has 0 aliphatic heterocycles. The number of fused-ring (bicyclic) bond motifs is 1. The fourth-order valence-corrected chi connectivity index (χ4v) is 2.05. The van der Waals surface area contributed by atoms with Crippen LogP contribution in [0.25, 0.3) is 11.2 Å². The second-order valence-corrected chi connectivity index (χ2v) is 4.78. The Balaban J connectivity index is 2.23. The zero-order valence-corrected chi connectivity index (χ0v) is 12.0. The van der Waals surface area contributed by atoms with E-state index in [1.54, 1.807) is 0 Å². The molecule has 2 heterocycles. The largest absolute Gasteiger partial charge is 0.380 e. The SMILES string of the molecule is CCOCCn1c(CCN(C)C)nc2cccnc21. The second-order valence-electron chi connectivity index (χ2n) is 4.78. The Labute approximate surface area is 114 Å². The highest BCUT2D eigenvalue weighted by Gasteiger charge is 2.11. The highest BCUT2D eigenvalue weighted by atomic mass is 16.5. The van der Waals surface area contributed by atoms with E-state index >= 15 is 0 Å². The van der Waals surface area contributed by atoms with Crippen molar-refractivity contribution >= 4 is 11.2 Å². The van der Waals surface area contributed by atoms with Crippen molar-refractivity contribution in [3.8, 4) is 0 Å². The first kappa shape index (κ1) is 14.0. The van der Waals surface area contributed by atoms with Crippen molar-refractivity contribution in [2.75, 3.05) is 33.9 Å². The summed E-state index contributed by atoms with van der Waals surface area (Å²) < 4.78 is 7.62. The minimum absolute atomic E-state index is 0.702. The van der Waals surface area contributed by atoms with E-state index in [1.807, 2.05) is 25.3 Å². The summed E-state index contributed by atoms with van der Waals surface area (Å²) in [6, 6.07) is 3.94. The van der Waals surface area contributed by atoms with E-state index in [0.29, 0.717) is 6.61 Å². The van der Waals surface area contributed by atoms with Gasteiger partial charge in [0.25, 0.3) is 0 Å². The number of imidazole rings is 1. The summed E-state index contributed by atoms with van der Waals surface area (Å²) in [5.74, 6) is 1.09. The van der Waals surface area contributed by atoms with E-state index in [-0.39, 0.29) is 0 Å². The Hall–Kier alpha value is -1.46. The van der Waals surface area contributed by atoms with Crippen LogP contribution >= 0.6 is 0 Å². The molecular formula is C14H22N4O.